The lowest BCUT2D eigenvalue weighted by Crippen LogP contribution is -2.11. The highest BCUT2D eigenvalue weighted by Crippen LogP contribution is 2.34. The molecule has 1 aromatic carbocycles. The highest BCUT2D eigenvalue weighted by molar-refractivity contribution is 5.79. The Morgan fingerprint density at radius 3 is 2.21 bits per heavy atom. The normalized spacial score (nSPS) is 11.9. The molecule has 1 heterocycles. The molecule has 2 rings (SSSR count). The summed E-state index contributed by atoms with van der Waals surface area (Å²) in [5.74, 6) is 0.726. The molecule has 2 N–H and O–H groups in total. The van der Waals surface area contributed by atoms with Crippen LogP contribution in [0.1, 0.15) is 37.6 Å². The van der Waals surface area contributed by atoms with Crippen molar-refractivity contribution in [2.24, 2.45) is 7.05 Å². The SMILES string of the molecule is Cc1cc(C(C)(C)C)ccc1-c1c(C)nn(C)c1N. The van der Waals surface area contributed by atoms with Crippen LogP contribution in [-0.4, -0.2) is 9.78 Å². The van der Waals surface area contributed by atoms with Gasteiger partial charge in [-0.25, -0.2) is 0 Å². The van der Waals surface area contributed by atoms with Crippen molar-refractivity contribution in [2.75, 3.05) is 5.73 Å². The van der Waals surface area contributed by atoms with Crippen molar-refractivity contribution in [3.63, 3.8) is 0 Å². The predicted octanol–water partition coefficient (Wildman–Crippen LogP) is 3.58. The molecule has 0 bridgehead atoms. The van der Waals surface area contributed by atoms with Gasteiger partial charge in [-0.2, -0.15) is 5.10 Å². The average molecular weight is 257 g/mol. The van der Waals surface area contributed by atoms with Crippen LogP contribution in [0.2, 0.25) is 0 Å². The summed E-state index contributed by atoms with van der Waals surface area (Å²) in [4.78, 5) is 0. The van der Waals surface area contributed by atoms with Gasteiger partial charge in [-0.3, -0.25) is 4.68 Å². The van der Waals surface area contributed by atoms with Gasteiger partial charge in [-0.05, 0) is 36.0 Å². The first-order valence-electron chi connectivity index (χ1n) is 6.62. The molecule has 0 aliphatic carbocycles. The maximum absolute atomic E-state index is 6.13. The third kappa shape index (κ3) is 2.37. The van der Waals surface area contributed by atoms with Gasteiger partial charge in [-0.15, -0.1) is 0 Å². The Kier molecular flexibility index (Phi) is 3.17. The van der Waals surface area contributed by atoms with E-state index < -0.39 is 0 Å². The lowest BCUT2D eigenvalue weighted by molar-refractivity contribution is 0.590. The third-order valence-electron chi connectivity index (χ3n) is 3.63. The second-order valence-electron chi connectivity index (χ2n) is 6.25. The van der Waals surface area contributed by atoms with Crippen molar-refractivity contribution in [2.45, 2.75) is 40.0 Å². The van der Waals surface area contributed by atoms with Gasteiger partial charge in [-0.1, -0.05) is 39.0 Å². The largest absolute Gasteiger partial charge is 0.383 e. The highest BCUT2D eigenvalue weighted by Gasteiger charge is 2.18. The predicted molar refractivity (Wildman–Crippen MR) is 81.2 cm³/mol. The fourth-order valence-corrected chi connectivity index (χ4v) is 2.42. The molecular weight excluding hydrogens is 234 g/mol. The molecule has 2 aromatic rings. The molecule has 3 nitrogen and oxygen atoms in total. The zero-order chi connectivity index (χ0) is 14.4. The maximum atomic E-state index is 6.13. The maximum Gasteiger partial charge on any atom is 0.129 e. The van der Waals surface area contributed by atoms with Crippen LogP contribution in [0.5, 0.6) is 0 Å². The van der Waals surface area contributed by atoms with Crippen LogP contribution in [0.3, 0.4) is 0 Å². The summed E-state index contributed by atoms with van der Waals surface area (Å²) in [5.41, 5.74) is 12.1. The Morgan fingerprint density at radius 2 is 1.79 bits per heavy atom. The summed E-state index contributed by atoms with van der Waals surface area (Å²) in [6, 6.07) is 6.60. The van der Waals surface area contributed by atoms with Gasteiger partial charge in [0.05, 0.1) is 5.69 Å². The van der Waals surface area contributed by atoms with E-state index in [1.807, 2.05) is 14.0 Å². The van der Waals surface area contributed by atoms with E-state index in [2.05, 4.69) is 51.0 Å². The van der Waals surface area contributed by atoms with Gasteiger partial charge in [0.25, 0.3) is 0 Å². The number of benzene rings is 1. The van der Waals surface area contributed by atoms with Crippen LogP contribution in [0, 0.1) is 13.8 Å². The molecule has 3 heteroatoms. The van der Waals surface area contributed by atoms with E-state index in [4.69, 9.17) is 5.73 Å². The summed E-state index contributed by atoms with van der Waals surface area (Å²) in [5, 5.41) is 4.39. The van der Waals surface area contributed by atoms with Crippen LogP contribution in [0.15, 0.2) is 18.2 Å². The van der Waals surface area contributed by atoms with E-state index in [0.717, 1.165) is 17.1 Å². The number of rotatable bonds is 1. The Bertz CT molecular complexity index is 616. The molecule has 0 fully saturated rings. The minimum absolute atomic E-state index is 0.165. The molecule has 0 saturated carbocycles. The second-order valence-corrected chi connectivity index (χ2v) is 6.25. The zero-order valence-corrected chi connectivity index (χ0v) is 12.7. The number of nitrogens with zero attached hydrogens (tertiary/aromatic N) is 2. The van der Waals surface area contributed by atoms with Crippen LogP contribution >= 0.6 is 0 Å². The summed E-state index contributed by atoms with van der Waals surface area (Å²) in [7, 11) is 1.88. The van der Waals surface area contributed by atoms with Crippen LogP contribution in [0.25, 0.3) is 11.1 Å². The Labute approximate surface area is 115 Å². The first-order chi connectivity index (χ1) is 8.71. The number of nitrogens with two attached hydrogens (primary N) is 1. The number of aromatic nitrogens is 2. The molecule has 0 atom stereocenters. The number of anilines is 1. The van der Waals surface area contributed by atoms with Gasteiger partial charge in [0.1, 0.15) is 5.82 Å². The zero-order valence-electron chi connectivity index (χ0n) is 12.7. The molecule has 102 valence electrons. The summed E-state index contributed by atoms with van der Waals surface area (Å²) in [6.45, 7) is 10.8. The second kappa shape index (κ2) is 4.41. The number of aryl methyl sites for hydroxylation is 3. The first-order valence-corrected chi connectivity index (χ1v) is 6.62. The third-order valence-corrected chi connectivity index (χ3v) is 3.63. The molecule has 0 unspecified atom stereocenters. The fraction of sp³-hybridized carbons (Fsp3) is 0.438. The summed E-state index contributed by atoms with van der Waals surface area (Å²) >= 11 is 0. The van der Waals surface area contributed by atoms with E-state index in [-0.39, 0.29) is 5.41 Å². The molecule has 0 spiro atoms. The molecular formula is C16H23N3. The van der Waals surface area contributed by atoms with Gasteiger partial charge in [0, 0.05) is 12.6 Å². The highest BCUT2D eigenvalue weighted by atomic mass is 15.3. The topological polar surface area (TPSA) is 43.8 Å². The van der Waals surface area contributed by atoms with Crippen molar-refractivity contribution in [1.29, 1.82) is 0 Å². The van der Waals surface area contributed by atoms with E-state index in [0.29, 0.717) is 0 Å². The van der Waals surface area contributed by atoms with Crippen molar-refractivity contribution in [3.05, 3.63) is 35.0 Å². The Hall–Kier alpha value is -1.77. The van der Waals surface area contributed by atoms with Gasteiger partial charge >= 0.3 is 0 Å². The Balaban J connectivity index is 2.59. The van der Waals surface area contributed by atoms with Crippen LogP contribution in [0.4, 0.5) is 5.82 Å². The smallest absolute Gasteiger partial charge is 0.129 e. The first kappa shape index (κ1) is 13.7. The van der Waals surface area contributed by atoms with Crippen molar-refractivity contribution in [3.8, 4) is 11.1 Å². The fourth-order valence-electron chi connectivity index (χ4n) is 2.42. The summed E-state index contributed by atoms with van der Waals surface area (Å²) < 4.78 is 1.74. The monoisotopic (exact) mass is 257 g/mol. The minimum atomic E-state index is 0.165. The van der Waals surface area contributed by atoms with E-state index >= 15 is 0 Å². The molecule has 0 aliphatic heterocycles. The van der Waals surface area contributed by atoms with Crippen LogP contribution in [-0.2, 0) is 12.5 Å². The number of hydrogen-bond donors (Lipinski definition) is 1. The molecule has 19 heavy (non-hydrogen) atoms. The van der Waals surface area contributed by atoms with Crippen molar-refractivity contribution >= 4 is 5.82 Å². The molecule has 1 aromatic heterocycles. The van der Waals surface area contributed by atoms with E-state index in [1.54, 1.807) is 4.68 Å². The molecule has 0 aliphatic rings. The quantitative estimate of drug-likeness (QED) is 0.848. The van der Waals surface area contributed by atoms with Crippen molar-refractivity contribution in [1.82, 2.24) is 9.78 Å². The van der Waals surface area contributed by atoms with E-state index in [9.17, 15) is 0 Å². The lowest BCUT2D eigenvalue weighted by Gasteiger charge is -2.20. The molecule has 0 amide bonds. The van der Waals surface area contributed by atoms with Gasteiger partial charge in [0.2, 0.25) is 0 Å². The van der Waals surface area contributed by atoms with Gasteiger partial charge < -0.3 is 5.73 Å². The number of hydrogen-bond acceptors (Lipinski definition) is 2. The Morgan fingerprint density at radius 1 is 1.16 bits per heavy atom. The standard InChI is InChI=1S/C16H23N3/c1-10-9-12(16(3,4)5)7-8-13(10)14-11(2)18-19(6)15(14)17/h7-9H,17H2,1-6H3. The van der Waals surface area contributed by atoms with Crippen molar-refractivity contribution < 1.29 is 0 Å². The number of nitrogen functional groups attached to an aromatic ring is 1. The minimum Gasteiger partial charge on any atom is -0.383 e. The average Bonchev–Trinajstić information content (AvgIpc) is 2.53. The molecule has 0 radical (unpaired) electrons. The summed E-state index contributed by atoms with van der Waals surface area (Å²) in [6.07, 6.45) is 0. The van der Waals surface area contributed by atoms with Crippen LogP contribution < -0.4 is 5.73 Å². The lowest BCUT2D eigenvalue weighted by atomic mass is 9.84. The van der Waals surface area contributed by atoms with Gasteiger partial charge in [0.15, 0.2) is 0 Å². The molecule has 0 saturated heterocycles. The van der Waals surface area contributed by atoms with E-state index in [1.165, 1.54) is 16.7 Å².